The maximum Gasteiger partial charge on any atom is 0.239 e. The minimum Gasteiger partial charge on any atom is -0.368 e. The molecule has 1 heterocycles. The van der Waals surface area contributed by atoms with Crippen molar-refractivity contribution in [1.82, 2.24) is 4.90 Å². The zero-order chi connectivity index (χ0) is 10.6. The summed E-state index contributed by atoms with van der Waals surface area (Å²) in [5.74, 6) is -0.431. The van der Waals surface area contributed by atoms with Crippen molar-refractivity contribution in [2.24, 2.45) is 15.7 Å². The van der Waals surface area contributed by atoms with E-state index in [0.29, 0.717) is 6.67 Å². The van der Waals surface area contributed by atoms with Crippen molar-refractivity contribution in [2.75, 3.05) is 13.2 Å². The number of hydrogen-bond donors (Lipinski definition) is 1. The van der Waals surface area contributed by atoms with Crippen LogP contribution in [0.5, 0.6) is 0 Å². The molecule has 1 aliphatic rings. The summed E-state index contributed by atoms with van der Waals surface area (Å²) in [6.45, 7) is 4.48. The fraction of sp³-hybridized carbons (Fsp3) is 0.444. The fourth-order valence-corrected chi connectivity index (χ4v) is 1.09. The summed E-state index contributed by atoms with van der Waals surface area (Å²) in [5, 5.41) is 0. The predicted octanol–water partition coefficient (Wildman–Crippen LogP) is 0.138. The van der Waals surface area contributed by atoms with Crippen LogP contribution in [-0.2, 0) is 4.79 Å². The molecule has 5 heteroatoms. The molecular weight excluding hydrogens is 180 g/mol. The van der Waals surface area contributed by atoms with Gasteiger partial charge in [-0.05, 0) is 19.9 Å². The lowest BCUT2D eigenvalue weighted by Gasteiger charge is -2.21. The second-order valence-corrected chi connectivity index (χ2v) is 3.12. The molecule has 2 N–H and O–H groups in total. The number of allylic oxidation sites excluding steroid dienone is 2. The second kappa shape index (κ2) is 4.55. The maximum absolute atomic E-state index is 10.4. The van der Waals surface area contributed by atoms with E-state index in [2.05, 4.69) is 9.98 Å². The Balaban J connectivity index is 2.52. The van der Waals surface area contributed by atoms with Crippen LogP contribution in [0.15, 0.2) is 21.8 Å². The lowest BCUT2D eigenvalue weighted by molar-refractivity contribution is -0.116. The van der Waals surface area contributed by atoms with E-state index in [1.165, 1.54) is 0 Å². The summed E-state index contributed by atoms with van der Waals surface area (Å²) in [4.78, 5) is 20.4. The van der Waals surface area contributed by atoms with Crippen LogP contribution >= 0.6 is 0 Å². The summed E-state index contributed by atoms with van der Waals surface area (Å²) in [6, 6.07) is 0. The monoisotopic (exact) mass is 194 g/mol. The Bertz CT molecular complexity index is 317. The highest BCUT2D eigenvalue weighted by atomic mass is 16.1. The normalized spacial score (nSPS) is 16.9. The molecule has 1 amide bonds. The van der Waals surface area contributed by atoms with Crippen LogP contribution in [-0.4, -0.2) is 36.1 Å². The Kier molecular flexibility index (Phi) is 3.39. The molecule has 1 rings (SSSR count). The van der Waals surface area contributed by atoms with Gasteiger partial charge < -0.3 is 10.6 Å². The van der Waals surface area contributed by atoms with Gasteiger partial charge in [-0.1, -0.05) is 0 Å². The quantitative estimate of drug-likeness (QED) is 0.512. The molecule has 0 aromatic rings. The smallest absolute Gasteiger partial charge is 0.239 e. The van der Waals surface area contributed by atoms with Gasteiger partial charge in [-0.3, -0.25) is 14.8 Å². The van der Waals surface area contributed by atoms with Crippen molar-refractivity contribution in [1.29, 1.82) is 0 Å². The summed E-state index contributed by atoms with van der Waals surface area (Å²) in [6.07, 6.45) is 3.55. The number of hydrogen-bond acceptors (Lipinski definition) is 3. The van der Waals surface area contributed by atoms with Crippen LogP contribution in [0.4, 0.5) is 0 Å². The number of aliphatic imine (C=N–C) groups is 2. The maximum atomic E-state index is 10.4. The Morgan fingerprint density at radius 1 is 1.79 bits per heavy atom. The topological polar surface area (TPSA) is 71.1 Å². The molecule has 0 atom stereocenters. The summed E-state index contributed by atoms with van der Waals surface area (Å²) in [7, 11) is 0. The number of nitrogens with zero attached hydrogens (tertiary/aromatic N) is 3. The highest BCUT2D eigenvalue weighted by Gasteiger charge is 2.06. The first-order chi connectivity index (χ1) is 6.59. The minimum atomic E-state index is -0.431. The largest absolute Gasteiger partial charge is 0.368 e. The average Bonchev–Trinajstić information content (AvgIpc) is 2.08. The number of primary amides is 1. The summed E-state index contributed by atoms with van der Waals surface area (Å²) < 4.78 is 0. The van der Waals surface area contributed by atoms with E-state index < -0.39 is 5.91 Å². The zero-order valence-electron chi connectivity index (χ0n) is 8.40. The second-order valence-electron chi connectivity index (χ2n) is 3.12. The Hall–Kier alpha value is -1.65. The van der Waals surface area contributed by atoms with Gasteiger partial charge in [0.1, 0.15) is 13.2 Å². The van der Waals surface area contributed by atoms with Crippen molar-refractivity contribution < 1.29 is 4.79 Å². The van der Waals surface area contributed by atoms with Crippen molar-refractivity contribution in [2.45, 2.75) is 13.8 Å². The van der Waals surface area contributed by atoms with E-state index in [0.717, 1.165) is 11.4 Å². The molecule has 1 aliphatic heterocycles. The first-order valence-corrected chi connectivity index (χ1v) is 4.34. The van der Waals surface area contributed by atoms with Gasteiger partial charge in [0.15, 0.2) is 0 Å². The van der Waals surface area contributed by atoms with Gasteiger partial charge in [0.25, 0.3) is 0 Å². The first kappa shape index (κ1) is 10.4. The fourth-order valence-electron chi connectivity index (χ4n) is 1.09. The molecule has 0 aromatic carbocycles. The Labute approximate surface area is 83.0 Å². The molecular formula is C9H14N4O. The molecule has 14 heavy (non-hydrogen) atoms. The van der Waals surface area contributed by atoms with Gasteiger partial charge in [0.2, 0.25) is 5.91 Å². The molecule has 0 saturated heterocycles. The molecule has 0 bridgehead atoms. The van der Waals surface area contributed by atoms with Crippen LogP contribution in [0.2, 0.25) is 0 Å². The van der Waals surface area contributed by atoms with Crippen molar-refractivity contribution in [3.05, 3.63) is 11.8 Å². The Morgan fingerprint density at radius 2 is 2.50 bits per heavy atom. The molecule has 0 spiro atoms. The summed E-state index contributed by atoms with van der Waals surface area (Å²) in [5.41, 5.74) is 7.01. The Morgan fingerprint density at radius 3 is 3.07 bits per heavy atom. The van der Waals surface area contributed by atoms with E-state index in [9.17, 15) is 4.79 Å². The lowest BCUT2D eigenvalue weighted by atomic mass is 10.3. The van der Waals surface area contributed by atoms with E-state index in [-0.39, 0.29) is 6.54 Å². The van der Waals surface area contributed by atoms with Gasteiger partial charge in [-0.2, -0.15) is 0 Å². The molecule has 0 saturated carbocycles. The first-order valence-electron chi connectivity index (χ1n) is 4.34. The molecule has 0 fully saturated rings. The van der Waals surface area contributed by atoms with E-state index in [1.54, 1.807) is 6.34 Å². The third kappa shape index (κ3) is 3.01. The van der Waals surface area contributed by atoms with Crippen LogP contribution in [0.25, 0.3) is 0 Å². The molecule has 5 nitrogen and oxygen atoms in total. The molecule has 0 aromatic heterocycles. The van der Waals surface area contributed by atoms with Crippen LogP contribution in [0, 0.1) is 0 Å². The minimum absolute atomic E-state index is 0.0203. The number of carbonyl (C=O) groups excluding carboxylic acids is 1. The van der Waals surface area contributed by atoms with Crippen LogP contribution in [0.3, 0.4) is 0 Å². The van der Waals surface area contributed by atoms with Gasteiger partial charge in [0.05, 0.1) is 6.34 Å². The van der Waals surface area contributed by atoms with E-state index in [4.69, 9.17) is 5.73 Å². The van der Waals surface area contributed by atoms with Gasteiger partial charge in [-0.25, -0.2) is 0 Å². The standard InChI is InChI=1S/C9H14N4O/c1-7-3-8(2)13(6-12-7)5-11-4-9(10)14/h3,5H,4,6H2,1-2H3,(H2,10,14)/b11-5-. The van der Waals surface area contributed by atoms with Gasteiger partial charge in [0, 0.05) is 11.4 Å². The number of nitrogens with two attached hydrogens (primary N) is 1. The third-order valence-corrected chi connectivity index (χ3v) is 1.81. The van der Waals surface area contributed by atoms with Crippen molar-refractivity contribution >= 4 is 18.0 Å². The number of rotatable bonds is 3. The lowest BCUT2D eigenvalue weighted by Crippen LogP contribution is -2.25. The van der Waals surface area contributed by atoms with Gasteiger partial charge in [-0.15, -0.1) is 0 Å². The van der Waals surface area contributed by atoms with Crippen molar-refractivity contribution in [3.63, 3.8) is 0 Å². The van der Waals surface area contributed by atoms with Gasteiger partial charge >= 0.3 is 0 Å². The predicted molar refractivity (Wildman–Crippen MR) is 56.1 cm³/mol. The molecule has 0 radical (unpaired) electrons. The number of amides is 1. The number of carbonyl (C=O) groups is 1. The average molecular weight is 194 g/mol. The molecule has 76 valence electrons. The highest BCUT2D eigenvalue weighted by molar-refractivity contribution is 5.94. The highest BCUT2D eigenvalue weighted by Crippen LogP contribution is 2.06. The molecule has 0 aliphatic carbocycles. The third-order valence-electron chi connectivity index (χ3n) is 1.81. The van der Waals surface area contributed by atoms with E-state index in [1.807, 2.05) is 24.8 Å². The molecule has 0 unspecified atom stereocenters. The van der Waals surface area contributed by atoms with Crippen LogP contribution < -0.4 is 5.73 Å². The van der Waals surface area contributed by atoms with Crippen LogP contribution in [0.1, 0.15) is 13.8 Å². The zero-order valence-corrected chi connectivity index (χ0v) is 8.40. The summed E-state index contributed by atoms with van der Waals surface area (Å²) >= 11 is 0. The van der Waals surface area contributed by atoms with Crippen molar-refractivity contribution in [3.8, 4) is 0 Å². The SMILES string of the molecule is CC1=CC(C)=NCN1/C=N\CC(N)=O. The van der Waals surface area contributed by atoms with E-state index >= 15 is 0 Å².